The molecule has 1 aromatic rings. The maximum Gasteiger partial charge on any atom is 0.498 e. The fourth-order valence-corrected chi connectivity index (χ4v) is 2.33. The molecule has 2 aliphatic heterocycles. The Balaban J connectivity index is 1.78. The molecule has 1 aromatic heterocycles. The van der Waals surface area contributed by atoms with Gasteiger partial charge in [-0.1, -0.05) is 6.08 Å². The SMILES string of the molecule is CC1(C)OB(c2cnc(C3=CCOCC3)nc2)OC1(C)C. The molecule has 3 rings (SSSR count). The fourth-order valence-electron chi connectivity index (χ4n) is 2.33. The van der Waals surface area contributed by atoms with Crippen molar-refractivity contribution in [2.45, 2.75) is 45.3 Å². The van der Waals surface area contributed by atoms with Crippen LogP contribution in [0.3, 0.4) is 0 Å². The van der Waals surface area contributed by atoms with E-state index in [-0.39, 0.29) is 11.2 Å². The molecule has 0 atom stereocenters. The summed E-state index contributed by atoms with van der Waals surface area (Å²) >= 11 is 0. The van der Waals surface area contributed by atoms with Gasteiger partial charge in [0, 0.05) is 17.9 Å². The van der Waals surface area contributed by atoms with E-state index in [4.69, 9.17) is 14.0 Å². The van der Waals surface area contributed by atoms with Gasteiger partial charge in [-0.25, -0.2) is 9.97 Å². The normalized spacial score (nSPS) is 24.0. The zero-order chi connectivity index (χ0) is 15.1. The summed E-state index contributed by atoms with van der Waals surface area (Å²) in [6, 6.07) is 0. The van der Waals surface area contributed by atoms with Crippen molar-refractivity contribution < 1.29 is 14.0 Å². The Bertz CT molecular complexity index is 539. The molecule has 0 radical (unpaired) electrons. The topological polar surface area (TPSA) is 53.5 Å². The van der Waals surface area contributed by atoms with Crippen LogP contribution in [0.2, 0.25) is 0 Å². The Morgan fingerprint density at radius 2 is 1.67 bits per heavy atom. The van der Waals surface area contributed by atoms with Gasteiger partial charge in [-0.3, -0.25) is 0 Å². The lowest BCUT2D eigenvalue weighted by Crippen LogP contribution is -2.41. The quantitative estimate of drug-likeness (QED) is 0.773. The van der Waals surface area contributed by atoms with Crippen LogP contribution < -0.4 is 5.46 Å². The van der Waals surface area contributed by atoms with E-state index in [0.29, 0.717) is 6.61 Å². The fraction of sp³-hybridized carbons (Fsp3) is 0.600. The van der Waals surface area contributed by atoms with Gasteiger partial charge in [-0.15, -0.1) is 0 Å². The largest absolute Gasteiger partial charge is 0.498 e. The van der Waals surface area contributed by atoms with Crippen molar-refractivity contribution in [1.82, 2.24) is 9.97 Å². The number of hydrogen-bond donors (Lipinski definition) is 0. The van der Waals surface area contributed by atoms with Gasteiger partial charge in [0.15, 0.2) is 5.82 Å². The van der Waals surface area contributed by atoms with Gasteiger partial charge in [0.2, 0.25) is 0 Å². The van der Waals surface area contributed by atoms with Crippen molar-refractivity contribution in [2.24, 2.45) is 0 Å². The predicted molar refractivity (Wildman–Crippen MR) is 81.2 cm³/mol. The lowest BCUT2D eigenvalue weighted by Gasteiger charge is -2.32. The first-order valence-corrected chi connectivity index (χ1v) is 7.34. The molecule has 0 unspecified atom stereocenters. The number of nitrogens with zero attached hydrogens (tertiary/aromatic N) is 2. The molecule has 112 valence electrons. The molecule has 0 spiro atoms. The number of hydrogen-bond acceptors (Lipinski definition) is 5. The Hall–Kier alpha value is -1.24. The van der Waals surface area contributed by atoms with Crippen molar-refractivity contribution in [3.8, 4) is 0 Å². The van der Waals surface area contributed by atoms with Crippen LogP contribution in [0.5, 0.6) is 0 Å². The molecule has 0 N–H and O–H groups in total. The minimum Gasteiger partial charge on any atom is -0.399 e. The highest BCUT2D eigenvalue weighted by atomic mass is 16.7. The molecular weight excluding hydrogens is 267 g/mol. The summed E-state index contributed by atoms with van der Waals surface area (Å²) in [5.41, 5.74) is 1.30. The Morgan fingerprint density at radius 1 is 1.05 bits per heavy atom. The maximum absolute atomic E-state index is 6.00. The van der Waals surface area contributed by atoms with E-state index in [1.807, 2.05) is 33.8 Å². The van der Waals surface area contributed by atoms with Gasteiger partial charge in [0.1, 0.15) is 0 Å². The molecule has 3 heterocycles. The van der Waals surface area contributed by atoms with Crippen LogP contribution in [0.15, 0.2) is 18.5 Å². The Kier molecular flexibility index (Phi) is 3.63. The number of ether oxygens (including phenoxy) is 1. The zero-order valence-corrected chi connectivity index (χ0v) is 13.0. The number of rotatable bonds is 2. The highest BCUT2D eigenvalue weighted by Gasteiger charge is 2.51. The number of aromatic nitrogens is 2. The van der Waals surface area contributed by atoms with Gasteiger partial charge < -0.3 is 14.0 Å². The van der Waals surface area contributed by atoms with Crippen LogP contribution in [0, 0.1) is 0 Å². The molecule has 0 bridgehead atoms. The summed E-state index contributed by atoms with van der Waals surface area (Å²) in [5, 5.41) is 0. The van der Waals surface area contributed by atoms with E-state index in [2.05, 4.69) is 9.97 Å². The summed E-state index contributed by atoms with van der Waals surface area (Å²) in [7, 11) is -0.410. The molecule has 5 nitrogen and oxygen atoms in total. The minimum atomic E-state index is -0.410. The molecule has 1 fully saturated rings. The van der Waals surface area contributed by atoms with E-state index < -0.39 is 7.12 Å². The van der Waals surface area contributed by atoms with Crippen LogP contribution in [-0.2, 0) is 14.0 Å². The Morgan fingerprint density at radius 3 is 2.19 bits per heavy atom. The van der Waals surface area contributed by atoms with E-state index in [9.17, 15) is 0 Å². The summed E-state index contributed by atoms with van der Waals surface area (Å²) in [6.45, 7) is 9.51. The third kappa shape index (κ3) is 2.75. The average Bonchev–Trinajstić information content (AvgIpc) is 2.69. The van der Waals surface area contributed by atoms with Gasteiger partial charge in [0.25, 0.3) is 0 Å². The molecular formula is C15H21BN2O3. The predicted octanol–water partition coefficient (Wildman–Crippen LogP) is 1.58. The van der Waals surface area contributed by atoms with Gasteiger partial charge >= 0.3 is 7.12 Å². The monoisotopic (exact) mass is 288 g/mol. The molecule has 0 saturated carbocycles. The molecule has 0 amide bonds. The molecule has 0 aliphatic carbocycles. The van der Waals surface area contributed by atoms with Crippen molar-refractivity contribution in [2.75, 3.05) is 13.2 Å². The lowest BCUT2D eigenvalue weighted by atomic mass is 9.81. The third-order valence-electron chi connectivity index (χ3n) is 4.45. The average molecular weight is 288 g/mol. The van der Waals surface area contributed by atoms with E-state index >= 15 is 0 Å². The van der Waals surface area contributed by atoms with Crippen molar-refractivity contribution in [1.29, 1.82) is 0 Å². The van der Waals surface area contributed by atoms with E-state index in [0.717, 1.165) is 29.9 Å². The first-order valence-electron chi connectivity index (χ1n) is 7.34. The smallest absolute Gasteiger partial charge is 0.399 e. The van der Waals surface area contributed by atoms with Gasteiger partial charge in [-0.2, -0.15) is 0 Å². The molecule has 6 heteroatoms. The first kappa shape index (κ1) is 14.7. The molecule has 21 heavy (non-hydrogen) atoms. The van der Waals surface area contributed by atoms with Crippen molar-refractivity contribution in [3.63, 3.8) is 0 Å². The van der Waals surface area contributed by atoms with Gasteiger partial charge in [-0.05, 0) is 39.7 Å². The molecule has 1 saturated heterocycles. The van der Waals surface area contributed by atoms with Crippen LogP contribution >= 0.6 is 0 Å². The van der Waals surface area contributed by atoms with Crippen LogP contribution in [-0.4, -0.2) is 41.5 Å². The summed E-state index contributed by atoms with van der Waals surface area (Å²) < 4.78 is 17.3. The summed E-state index contributed by atoms with van der Waals surface area (Å²) in [5.74, 6) is 0.763. The minimum absolute atomic E-state index is 0.348. The standard InChI is InChI=1S/C15H21BN2O3/c1-14(2)15(3,4)21-16(20-14)12-9-17-13(18-10-12)11-5-7-19-8-6-11/h5,9-10H,6-8H2,1-4H3. The van der Waals surface area contributed by atoms with Crippen LogP contribution in [0.1, 0.15) is 39.9 Å². The maximum atomic E-state index is 6.00. The van der Waals surface area contributed by atoms with E-state index in [1.54, 1.807) is 12.4 Å². The Labute approximate surface area is 125 Å². The summed E-state index contributed by atoms with van der Waals surface area (Å²) in [6.07, 6.45) is 6.48. The molecule has 2 aliphatic rings. The second kappa shape index (κ2) is 5.19. The van der Waals surface area contributed by atoms with Crippen molar-refractivity contribution in [3.05, 3.63) is 24.3 Å². The highest BCUT2D eigenvalue weighted by molar-refractivity contribution is 6.61. The van der Waals surface area contributed by atoms with Crippen LogP contribution in [0.25, 0.3) is 5.57 Å². The summed E-state index contributed by atoms with van der Waals surface area (Å²) in [4.78, 5) is 8.90. The van der Waals surface area contributed by atoms with E-state index in [1.165, 1.54) is 0 Å². The second-order valence-electron chi connectivity index (χ2n) is 6.48. The third-order valence-corrected chi connectivity index (χ3v) is 4.45. The second-order valence-corrected chi connectivity index (χ2v) is 6.48. The lowest BCUT2D eigenvalue weighted by molar-refractivity contribution is 0.00578. The zero-order valence-electron chi connectivity index (χ0n) is 13.0. The first-order chi connectivity index (χ1) is 9.89. The molecule has 0 aromatic carbocycles. The van der Waals surface area contributed by atoms with Gasteiger partial charge in [0.05, 0.1) is 24.4 Å². The van der Waals surface area contributed by atoms with Crippen LogP contribution in [0.4, 0.5) is 0 Å². The highest BCUT2D eigenvalue weighted by Crippen LogP contribution is 2.36. The van der Waals surface area contributed by atoms with Crippen molar-refractivity contribution >= 4 is 18.2 Å².